The molecule has 0 radical (unpaired) electrons. The molecule has 0 aliphatic rings. The van der Waals surface area contributed by atoms with Crippen molar-refractivity contribution in [3.63, 3.8) is 0 Å². The number of ether oxygens (including phenoxy) is 2. The highest BCUT2D eigenvalue weighted by Gasteiger charge is 2.29. The third-order valence-electron chi connectivity index (χ3n) is 6.29. The van der Waals surface area contributed by atoms with E-state index in [0.717, 1.165) is 12.8 Å². The average molecular weight is 522 g/mol. The summed E-state index contributed by atoms with van der Waals surface area (Å²) in [7, 11) is -3.85. The molecule has 7 nitrogen and oxygen atoms in total. The number of carbonyl (C=O) groups is 1. The Hall–Kier alpha value is -0.460. The van der Waals surface area contributed by atoms with Crippen molar-refractivity contribution in [1.29, 1.82) is 0 Å². The predicted octanol–water partition coefficient (Wildman–Crippen LogP) is 7.14. The van der Waals surface area contributed by atoms with Crippen molar-refractivity contribution < 1.29 is 28.3 Å². The van der Waals surface area contributed by atoms with E-state index in [-0.39, 0.29) is 25.7 Å². The van der Waals surface area contributed by atoms with E-state index < -0.39 is 19.4 Å². The lowest BCUT2D eigenvalue weighted by molar-refractivity contribution is -0.154. The molecule has 0 fully saturated rings. The summed E-state index contributed by atoms with van der Waals surface area (Å²) >= 11 is 0. The van der Waals surface area contributed by atoms with Crippen LogP contribution in [0.25, 0.3) is 0 Å². The van der Waals surface area contributed by atoms with Crippen LogP contribution in [0, 0.1) is 0 Å². The molecule has 0 aromatic heterocycles. The fourth-order valence-corrected chi connectivity index (χ4v) is 4.71. The molecule has 35 heavy (non-hydrogen) atoms. The number of unbranched alkanes of at least 4 members (excludes halogenated alkanes) is 14. The zero-order valence-electron chi connectivity index (χ0n) is 23.0. The molecule has 0 aliphatic carbocycles. The first-order chi connectivity index (χ1) is 16.9. The molecule has 0 aromatic rings. The van der Waals surface area contributed by atoms with Gasteiger partial charge in [-0.3, -0.25) is 9.36 Å². The summed E-state index contributed by atoms with van der Waals surface area (Å²) in [6.45, 7) is 6.33. The quantitative estimate of drug-likeness (QED) is 0.0707. The largest absolute Gasteiger partial charge is 0.457 e. The fraction of sp³-hybridized carbons (Fsp3) is 0.963. The molecule has 3 unspecified atom stereocenters. The van der Waals surface area contributed by atoms with Gasteiger partial charge < -0.3 is 24.6 Å². The van der Waals surface area contributed by atoms with Crippen LogP contribution in [0.4, 0.5) is 0 Å². The lowest BCUT2D eigenvalue weighted by Crippen LogP contribution is -2.29. The van der Waals surface area contributed by atoms with E-state index in [1.807, 2.05) is 6.92 Å². The van der Waals surface area contributed by atoms with Crippen molar-refractivity contribution in [2.24, 2.45) is 5.73 Å². The van der Waals surface area contributed by atoms with Gasteiger partial charge in [0.05, 0.1) is 18.9 Å². The van der Waals surface area contributed by atoms with Gasteiger partial charge in [-0.15, -0.1) is 0 Å². The summed E-state index contributed by atoms with van der Waals surface area (Å²) in [5.74, 6) is -0.351. The van der Waals surface area contributed by atoms with Crippen molar-refractivity contribution in [3.05, 3.63) is 0 Å². The predicted molar refractivity (Wildman–Crippen MR) is 145 cm³/mol. The summed E-state index contributed by atoms with van der Waals surface area (Å²) < 4.78 is 28.4. The maximum atomic E-state index is 12.2. The standard InChI is InChI=1S/C27H56NO6P/c1-4-6-7-8-9-10-11-12-13-14-15-16-17-18-19-21-32-23-26(34-27(29)20-5-2)24-33-35(30,31)25(3)22-28/h25-26H,4-24,28H2,1-3H3,(H,30,31). The highest BCUT2D eigenvalue weighted by molar-refractivity contribution is 7.53. The molecule has 210 valence electrons. The maximum absolute atomic E-state index is 12.2. The molecule has 0 aliphatic heterocycles. The first-order valence-electron chi connectivity index (χ1n) is 14.3. The minimum absolute atomic E-state index is 0.0454. The van der Waals surface area contributed by atoms with Crippen molar-refractivity contribution in [3.8, 4) is 0 Å². The van der Waals surface area contributed by atoms with Crippen LogP contribution in [-0.2, 0) is 23.4 Å². The van der Waals surface area contributed by atoms with Gasteiger partial charge in [-0.25, -0.2) is 0 Å². The van der Waals surface area contributed by atoms with Gasteiger partial charge in [0.25, 0.3) is 0 Å². The van der Waals surface area contributed by atoms with Crippen LogP contribution in [0.3, 0.4) is 0 Å². The van der Waals surface area contributed by atoms with Gasteiger partial charge in [0.2, 0.25) is 0 Å². The van der Waals surface area contributed by atoms with Crippen LogP contribution < -0.4 is 5.73 Å². The number of hydrogen-bond donors (Lipinski definition) is 2. The van der Waals surface area contributed by atoms with E-state index in [2.05, 4.69) is 6.92 Å². The topological polar surface area (TPSA) is 108 Å². The van der Waals surface area contributed by atoms with E-state index in [4.69, 9.17) is 19.7 Å². The Labute approximate surface area is 215 Å². The Balaban J connectivity index is 3.81. The van der Waals surface area contributed by atoms with Crippen molar-refractivity contribution in [1.82, 2.24) is 0 Å². The van der Waals surface area contributed by atoms with E-state index in [9.17, 15) is 14.3 Å². The Morgan fingerprint density at radius 3 is 1.74 bits per heavy atom. The molecule has 3 N–H and O–H groups in total. The monoisotopic (exact) mass is 521 g/mol. The summed E-state index contributed by atoms with van der Waals surface area (Å²) in [5, 5.41) is 0. The smallest absolute Gasteiger partial charge is 0.332 e. The molecule has 0 bridgehead atoms. The van der Waals surface area contributed by atoms with E-state index in [1.165, 1.54) is 83.5 Å². The second-order valence-corrected chi connectivity index (χ2v) is 12.1. The van der Waals surface area contributed by atoms with Gasteiger partial charge in [-0.2, -0.15) is 0 Å². The Bertz CT molecular complexity index is 534. The maximum Gasteiger partial charge on any atom is 0.332 e. The van der Waals surface area contributed by atoms with Gasteiger partial charge in [0.15, 0.2) is 0 Å². The lowest BCUT2D eigenvalue weighted by atomic mass is 10.0. The van der Waals surface area contributed by atoms with E-state index in [1.54, 1.807) is 6.92 Å². The molecule has 0 rings (SSSR count). The third-order valence-corrected chi connectivity index (χ3v) is 8.14. The molecule has 0 saturated heterocycles. The van der Waals surface area contributed by atoms with Crippen LogP contribution in [0.1, 0.15) is 130 Å². The summed E-state index contributed by atoms with van der Waals surface area (Å²) in [6.07, 6.45) is 20.0. The molecule has 0 saturated carbocycles. The van der Waals surface area contributed by atoms with Gasteiger partial charge in [-0.1, -0.05) is 104 Å². The first-order valence-corrected chi connectivity index (χ1v) is 16.0. The van der Waals surface area contributed by atoms with Crippen LogP contribution in [0.2, 0.25) is 0 Å². The molecule has 0 amide bonds. The van der Waals surface area contributed by atoms with Gasteiger partial charge in [-0.05, 0) is 19.8 Å². The Morgan fingerprint density at radius 1 is 0.800 bits per heavy atom. The van der Waals surface area contributed by atoms with Crippen LogP contribution in [0.15, 0.2) is 0 Å². The zero-order chi connectivity index (χ0) is 26.2. The Kier molecular flexibility index (Phi) is 23.6. The van der Waals surface area contributed by atoms with Crippen molar-refractivity contribution >= 4 is 13.6 Å². The SMILES string of the molecule is CCCCCCCCCCCCCCCCCOCC(COP(=O)(O)C(C)CN)OC(=O)CCC. The zero-order valence-corrected chi connectivity index (χ0v) is 23.9. The second-order valence-electron chi connectivity index (χ2n) is 9.83. The third kappa shape index (κ3) is 21.3. The van der Waals surface area contributed by atoms with Crippen LogP contribution in [0.5, 0.6) is 0 Å². The fourth-order valence-electron chi connectivity index (χ4n) is 3.81. The number of nitrogens with two attached hydrogens (primary N) is 1. The highest BCUT2D eigenvalue weighted by Crippen LogP contribution is 2.46. The molecule has 0 aromatic carbocycles. The Morgan fingerprint density at radius 2 is 1.29 bits per heavy atom. The second kappa shape index (κ2) is 23.9. The number of esters is 1. The molecular formula is C27H56NO6P. The number of carbonyl (C=O) groups excluding carboxylic acids is 1. The normalized spacial score (nSPS) is 15.0. The van der Waals surface area contributed by atoms with Crippen LogP contribution >= 0.6 is 7.60 Å². The van der Waals surface area contributed by atoms with E-state index >= 15 is 0 Å². The summed E-state index contributed by atoms with van der Waals surface area (Å²) in [4.78, 5) is 21.8. The van der Waals surface area contributed by atoms with Crippen molar-refractivity contribution in [2.75, 3.05) is 26.4 Å². The summed E-state index contributed by atoms with van der Waals surface area (Å²) in [6, 6.07) is 0. The minimum Gasteiger partial charge on any atom is -0.457 e. The average Bonchev–Trinajstić information content (AvgIpc) is 2.83. The number of rotatable bonds is 26. The van der Waals surface area contributed by atoms with E-state index in [0.29, 0.717) is 19.4 Å². The lowest BCUT2D eigenvalue weighted by Gasteiger charge is -2.22. The number of hydrogen-bond acceptors (Lipinski definition) is 6. The molecule has 3 atom stereocenters. The summed E-state index contributed by atoms with van der Waals surface area (Å²) in [5.41, 5.74) is 4.80. The van der Waals surface area contributed by atoms with Crippen molar-refractivity contribution in [2.45, 2.75) is 142 Å². The molecule has 0 spiro atoms. The van der Waals surface area contributed by atoms with Gasteiger partial charge in [0, 0.05) is 19.6 Å². The molecule has 0 heterocycles. The van der Waals surface area contributed by atoms with Gasteiger partial charge >= 0.3 is 13.6 Å². The van der Waals surface area contributed by atoms with Gasteiger partial charge in [0.1, 0.15) is 6.10 Å². The highest BCUT2D eigenvalue weighted by atomic mass is 31.2. The molecular weight excluding hydrogens is 465 g/mol. The first kappa shape index (κ1) is 34.5. The molecule has 8 heteroatoms. The minimum atomic E-state index is -3.85. The van der Waals surface area contributed by atoms with Crippen LogP contribution in [-0.4, -0.2) is 49.0 Å².